The summed E-state index contributed by atoms with van der Waals surface area (Å²) in [7, 11) is -3.78. The van der Waals surface area contributed by atoms with E-state index in [4.69, 9.17) is 22.3 Å². The van der Waals surface area contributed by atoms with Gasteiger partial charge in [-0.15, -0.1) is 0 Å². The normalized spacial score (nSPS) is 11.5. The zero-order valence-corrected chi connectivity index (χ0v) is 10.7. The van der Waals surface area contributed by atoms with E-state index in [1.54, 1.807) is 0 Å². The van der Waals surface area contributed by atoms with Crippen LogP contribution in [0.5, 0.6) is 0 Å². The lowest BCUT2D eigenvalue weighted by molar-refractivity contribution is -0.00000670. The summed E-state index contributed by atoms with van der Waals surface area (Å²) >= 11 is 0. The van der Waals surface area contributed by atoms with Crippen molar-refractivity contribution in [3.63, 3.8) is 0 Å². The van der Waals surface area contributed by atoms with E-state index >= 15 is 0 Å². The molecule has 0 atom stereocenters. The van der Waals surface area contributed by atoms with Gasteiger partial charge >= 0.3 is 0 Å². The van der Waals surface area contributed by atoms with E-state index in [2.05, 4.69) is 9.98 Å². The number of benzene rings is 1. The third kappa shape index (κ3) is 4.99. The Hall–Kier alpha value is -1.84. The molecule has 0 aliphatic carbocycles. The Morgan fingerprint density at radius 3 is 2.28 bits per heavy atom. The average Bonchev–Trinajstić information content (AvgIpc) is 2.15. The standard InChI is InChI=1S/C8H12N6O2S.ClH/c9-7(10)14-8(11)13-5-2-1-3-6(4-5)17(12,15)16;/h1-4H,(H2,12,15,16)(H6,9,10,11,13,14);1H/p-1. The van der Waals surface area contributed by atoms with Gasteiger partial charge in [0.1, 0.15) is 0 Å². The van der Waals surface area contributed by atoms with Crippen molar-refractivity contribution >= 4 is 27.6 Å². The molecule has 0 aromatic heterocycles. The van der Waals surface area contributed by atoms with Gasteiger partial charge in [0.25, 0.3) is 0 Å². The first-order valence-electron chi connectivity index (χ1n) is 4.35. The van der Waals surface area contributed by atoms with Crippen molar-refractivity contribution in [2.75, 3.05) is 0 Å². The van der Waals surface area contributed by atoms with E-state index in [9.17, 15) is 8.42 Å². The molecular weight excluding hydrogens is 280 g/mol. The van der Waals surface area contributed by atoms with Crippen LogP contribution in [0, 0.1) is 0 Å². The second-order valence-electron chi connectivity index (χ2n) is 3.05. The molecule has 0 aliphatic rings. The highest BCUT2D eigenvalue weighted by molar-refractivity contribution is 7.89. The molecule has 0 amide bonds. The molecule has 0 saturated heterocycles. The van der Waals surface area contributed by atoms with Crippen molar-refractivity contribution < 1.29 is 20.8 Å². The molecule has 8 N–H and O–H groups in total. The number of hydrogen-bond acceptors (Lipinski definition) is 3. The van der Waals surface area contributed by atoms with E-state index in [0.29, 0.717) is 0 Å². The third-order valence-corrected chi connectivity index (χ3v) is 2.54. The maximum absolute atomic E-state index is 11.1. The van der Waals surface area contributed by atoms with Crippen LogP contribution in [-0.2, 0) is 10.0 Å². The number of halogens is 1. The number of nitrogens with two attached hydrogens (primary N) is 4. The smallest absolute Gasteiger partial charge is 0.238 e. The van der Waals surface area contributed by atoms with Gasteiger partial charge in [0.15, 0.2) is 5.96 Å². The molecule has 8 nitrogen and oxygen atoms in total. The summed E-state index contributed by atoms with van der Waals surface area (Å²) in [4.78, 5) is 7.21. The largest absolute Gasteiger partial charge is 1.00 e. The number of rotatable bonds is 2. The third-order valence-electron chi connectivity index (χ3n) is 1.63. The fourth-order valence-corrected chi connectivity index (χ4v) is 1.57. The van der Waals surface area contributed by atoms with Gasteiger partial charge in [0.05, 0.1) is 10.6 Å². The molecule has 1 aromatic carbocycles. The highest BCUT2D eigenvalue weighted by Crippen LogP contribution is 2.16. The van der Waals surface area contributed by atoms with Gasteiger partial charge in [-0.05, 0) is 18.2 Å². The average molecular weight is 292 g/mol. The molecule has 0 heterocycles. The van der Waals surface area contributed by atoms with Crippen molar-refractivity contribution in [2.45, 2.75) is 4.90 Å². The summed E-state index contributed by atoms with van der Waals surface area (Å²) in [6.45, 7) is 0. The van der Waals surface area contributed by atoms with E-state index in [-0.39, 0.29) is 34.9 Å². The molecule has 0 aliphatic heterocycles. The van der Waals surface area contributed by atoms with Crippen LogP contribution in [0.15, 0.2) is 39.1 Å². The van der Waals surface area contributed by atoms with Gasteiger partial charge in [-0.3, -0.25) is 0 Å². The first-order valence-corrected chi connectivity index (χ1v) is 5.90. The van der Waals surface area contributed by atoms with Gasteiger partial charge in [0.2, 0.25) is 16.0 Å². The number of aliphatic imine (C=N–C) groups is 2. The predicted octanol–water partition coefficient (Wildman–Crippen LogP) is -4.44. The Morgan fingerprint density at radius 2 is 1.78 bits per heavy atom. The van der Waals surface area contributed by atoms with Crippen LogP contribution < -0.4 is 34.7 Å². The van der Waals surface area contributed by atoms with Crippen LogP contribution in [0.1, 0.15) is 0 Å². The maximum Gasteiger partial charge on any atom is 0.238 e. The highest BCUT2D eigenvalue weighted by atomic mass is 35.5. The lowest BCUT2D eigenvalue weighted by Gasteiger charge is -1.99. The van der Waals surface area contributed by atoms with E-state index in [0.717, 1.165) is 0 Å². The minimum absolute atomic E-state index is 0. The number of hydrogen-bond donors (Lipinski definition) is 4. The Morgan fingerprint density at radius 1 is 1.17 bits per heavy atom. The molecule has 0 spiro atoms. The molecule has 0 bridgehead atoms. The van der Waals surface area contributed by atoms with Crippen LogP contribution in [-0.4, -0.2) is 20.3 Å². The number of nitrogens with zero attached hydrogens (tertiary/aromatic N) is 2. The highest BCUT2D eigenvalue weighted by Gasteiger charge is 2.07. The van der Waals surface area contributed by atoms with Gasteiger partial charge in [-0.1, -0.05) is 6.07 Å². The molecule has 0 radical (unpaired) electrons. The van der Waals surface area contributed by atoms with Crippen molar-refractivity contribution in [1.82, 2.24) is 0 Å². The van der Waals surface area contributed by atoms with E-state index in [1.165, 1.54) is 24.3 Å². The Kier molecular flexibility index (Phi) is 5.56. The molecule has 18 heavy (non-hydrogen) atoms. The fourth-order valence-electron chi connectivity index (χ4n) is 1.02. The quantitative estimate of drug-likeness (QED) is 0.318. The van der Waals surface area contributed by atoms with Crippen molar-refractivity contribution in [3.8, 4) is 0 Å². The van der Waals surface area contributed by atoms with Gasteiger partial charge in [-0.2, -0.15) is 4.99 Å². The molecule has 10 heteroatoms. The topological polar surface area (TPSA) is 163 Å². The molecule has 0 unspecified atom stereocenters. The zero-order chi connectivity index (χ0) is 13.1. The second-order valence-corrected chi connectivity index (χ2v) is 4.61. The molecule has 1 rings (SSSR count). The summed E-state index contributed by atoms with van der Waals surface area (Å²) in [5, 5.41) is 4.96. The molecule has 1 aromatic rings. The zero-order valence-electron chi connectivity index (χ0n) is 9.12. The Labute approximate surface area is 110 Å². The predicted molar refractivity (Wildman–Crippen MR) is 64.9 cm³/mol. The Bertz CT molecular complexity index is 579. The lowest BCUT2D eigenvalue weighted by atomic mass is 10.3. The van der Waals surface area contributed by atoms with Crippen molar-refractivity contribution in [3.05, 3.63) is 24.3 Å². The summed E-state index contributed by atoms with van der Waals surface area (Å²) in [6.07, 6.45) is 0. The summed E-state index contributed by atoms with van der Waals surface area (Å²) in [5.74, 6) is -0.426. The molecule has 0 fully saturated rings. The van der Waals surface area contributed by atoms with Crippen molar-refractivity contribution in [2.24, 2.45) is 32.3 Å². The monoisotopic (exact) mass is 291 g/mol. The van der Waals surface area contributed by atoms with Crippen LogP contribution in [0.25, 0.3) is 0 Å². The number of primary sulfonamides is 1. The van der Waals surface area contributed by atoms with Crippen LogP contribution in [0.3, 0.4) is 0 Å². The molecule has 0 saturated carbocycles. The minimum Gasteiger partial charge on any atom is -1.00 e. The SMILES string of the molecule is NC(N)=NC(N)=Nc1cccc(S(N)(=O)=O)c1.[Cl-]. The van der Waals surface area contributed by atoms with Crippen LogP contribution >= 0.6 is 0 Å². The van der Waals surface area contributed by atoms with Crippen LogP contribution in [0.2, 0.25) is 0 Å². The van der Waals surface area contributed by atoms with E-state index in [1.807, 2.05) is 0 Å². The minimum atomic E-state index is -3.78. The summed E-state index contributed by atoms with van der Waals surface area (Å²) < 4.78 is 22.2. The number of sulfonamides is 1. The van der Waals surface area contributed by atoms with Crippen LogP contribution in [0.4, 0.5) is 5.69 Å². The molecule has 100 valence electrons. The van der Waals surface area contributed by atoms with Gasteiger partial charge < -0.3 is 29.6 Å². The second kappa shape index (κ2) is 6.19. The maximum atomic E-state index is 11.1. The summed E-state index contributed by atoms with van der Waals surface area (Å²) in [6, 6.07) is 5.60. The van der Waals surface area contributed by atoms with Gasteiger partial charge in [0, 0.05) is 0 Å². The summed E-state index contributed by atoms with van der Waals surface area (Å²) in [5.41, 5.74) is 15.9. The molecular formula is C8H12ClN6O2S-. The Balaban J connectivity index is 0.00000289. The first-order chi connectivity index (χ1) is 7.79. The van der Waals surface area contributed by atoms with Crippen molar-refractivity contribution in [1.29, 1.82) is 0 Å². The van der Waals surface area contributed by atoms with Gasteiger partial charge in [-0.25, -0.2) is 18.5 Å². The number of guanidine groups is 2. The lowest BCUT2D eigenvalue weighted by Crippen LogP contribution is -3.00. The van der Waals surface area contributed by atoms with E-state index < -0.39 is 10.0 Å². The first kappa shape index (κ1) is 16.2. The fraction of sp³-hybridized carbons (Fsp3) is 0.